The SMILES string of the molecule is CC1=C(C(=O)Nc2ccc3[nH]ncc3c2)C(c2ccc(C)cc2)n2nc(C(=O)O)cc2N1. The first-order valence-electron chi connectivity index (χ1n) is 10.0. The van der Waals surface area contributed by atoms with Crippen molar-refractivity contribution in [1.29, 1.82) is 0 Å². The third-order valence-corrected chi connectivity index (χ3v) is 5.53. The zero-order valence-electron chi connectivity index (χ0n) is 17.4. The Balaban J connectivity index is 1.57. The van der Waals surface area contributed by atoms with E-state index in [1.54, 1.807) is 23.9 Å². The number of hydrogen-bond acceptors (Lipinski definition) is 5. The van der Waals surface area contributed by atoms with Gasteiger partial charge in [-0.3, -0.25) is 9.89 Å². The molecule has 0 fully saturated rings. The number of carbonyl (C=O) groups excluding carboxylic acids is 1. The van der Waals surface area contributed by atoms with Gasteiger partial charge in [-0.05, 0) is 37.6 Å². The van der Waals surface area contributed by atoms with E-state index < -0.39 is 12.0 Å². The van der Waals surface area contributed by atoms with Crippen molar-refractivity contribution in [1.82, 2.24) is 20.0 Å². The summed E-state index contributed by atoms with van der Waals surface area (Å²) in [6.07, 6.45) is 1.69. The fourth-order valence-electron chi connectivity index (χ4n) is 3.95. The van der Waals surface area contributed by atoms with Gasteiger partial charge in [0.2, 0.25) is 0 Å². The van der Waals surface area contributed by atoms with E-state index in [2.05, 4.69) is 25.9 Å². The molecule has 0 saturated carbocycles. The van der Waals surface area contributed by atoms with Crippen LogP contribution >= 0.6 is 0 Å². The number of carboxylic acids is 1. The number of amides is 1. The van der Waals surface area contributed by atoms with Gasteiger partial charge in [0.15, 0.2) is 5.69 Å². The number of anilines is 2. The Labute approximate surface area is 182 Å². The molecule has 0 bridgehead atoms. The van der Waals surface area contributed by atoms with Crippen LogP contribution in [0.4, 0.5) is 11.5 Å². The number of hydrogen-bond donors (Lipinski definition) is 4. The summed E-state index contributed by atoms with van der Waals surface area (Å²) < 4.78 is 1.55. The first kappa shape index (κ1) is 19.6. The van der Waals surface area contributed by atoms with Gasteiger partial charge in [-0.25, -0.2) is 9.48 Å². The highest BCUT2D eigenvalue weighted by atomic mass is 16.4. The van der Waals surface area contributed by atoms with E-state index in [1.807, 2.05) is 43.3 Å². The van der Waals surface area contributed by atoms with Crippen LogP contribution in [0.2, 0.25) is 0 Å². The number of aromatic amines is 1. The Bertz CT molecular complexity index is 1400. The molecule has 0 saturated heterocycles. The smallest absolute Gasteiger partial charge is 0.356 e. The molecule has 1 amide bonds. The van der Waals surface area contributed by atoms with Gasteiger partial charge in [-0.1, -0.05) is 29.8 Å². The molecular formula is C23H20N6O3. The second-order valence-corrected chi connectivity index (χ2v) is 7.77. The summed E-state index contributed by atoms with van der Waals surface area (Å²) in [4.78, 5) is 25.0. The van der Waals surface area contributed by atoms with E-state index in [4.69, 9.17) is 0 Å². The minimum atomic E-state index is -1.13. The summed E-state index contributed by atoms with van der Waals surface area (Å²) in [6, 6.07) is 14.1. The second-order valence-electron chi connectivity index (χ2n) is 7.77. The van der Waals surface area contributed by atoms with E-state index >= 15 is 0 Å². The first-order chi connectivity index (χ1) is 15.4. The van der Waals surface area contributed by atoms with Crippen LogP contribution in [-0.4, -0.2) is 37.0 Å². The summed E-state index contributed by atoms with van der Waals surface area (Å²) in [5.74, 6) is -0.920. The summed E-state index contributed by atoms with van der Waals surface area (Å²) in [5, 5.41) is 27.6. The summed E-state index contributed by atoms with van der Waals surface area (Å²) in [7, 11) is 0. The van der Waals surface area contributed by atoms with E-state index in [0.29, 0.717) is 22.8 Å². The number of rotatable bonds is 4. The van der Waals surface area contributed by atoms with Crippen molar-refractivity contribution < 1.29 is 14.7 Å². The lowest BCUT2D eigenvalue weighted by Crippen LogP contribution is -2.31. The van der Waals surface area contributed by atoms with Crippen molar-refractivity contribution in [3.8, 4) is 0 Å². The third kappa shape index (κ3) is 3.29. The molecule has 160 valence electrons. The normalized spacial score (nSPS) is 15.4. The molecule has 1 aliphatic heterocycles. The highest BCUT2D eigenvalue weighted by molar-refractivity contribution is 6.06. The lowest BCUT2D eigenvalue weighted by molar-refractivity contribution is -0.113. The lowest BCUT2D eigenvalue weighted by atomic mass is 9.94. The largest absolute Gasteiger partial charge is 0.476 e. The summed E-state index contributed by atoms with van der Waals surface area (Å²) in [6.45, 7) is 3.78. The number of carboxylic acid groups (broad SMARTS) is 1. The highest BCUT2D eigenvalue weighted by Crippen LogP contribution is 2.37. The lowest BCUT2D eigenvalue weighted by Gasteiger charge is -2.29. The van der Waals surface area contributed by atoms with Crippen LogP contribution in [0.15, 0.2) is 66.0 Å². The first-order valence-corrected chi connectivity index (χ1v) is 10.0. The number of H-pyrrole nitrogens is 1. The molecule has 0 radical (unpaired) electrons. The molecular weight excluding hydrogens is 408 g/mol. The number of nitrogens with zero attached hydrogens (tertiary/aromatic N) is 3. The van der Waals surface area contributed by atoms with Crippen LogP contribution in [0.1, 0.15) is 34.6 Å². The van der Waals surface area contributed by atoms with Crippen molar-refractivity contribution in [2.75, 3.05) is 10.6 Å². The number of aromatic carboxylic acids is 1. The van der Waals surface area contributed by atoms with Crippen molar-refractivity contribution in [3.05, 3.63) is 82.8 Å². The number of allylic oxidation sites excluding steroid dienone is 1. The Morgan fingerprint density at radius 2 is 1.88 bits per heavy atom. The molecule has 3 heterocycles. The van der Waals surface area contributed by atoms with Gasteiger partial charge in [0.05, 0.1) is 17.3 Å². The van der Waals surface area contributed by atoms with Gasteiger partial charge in [-0.15, -0.1) is 0 Å². The minimum absolute atomic E-state index is 0.0931. The maximum atomic E-state index is 13.5. The highest BCUT2D eigenvalue weighted by Gasteiger charge is 2.34. The Morgan fingerprint density at radius 1 is 1.09 bits per heavy atom. The molecule has 2 aromatic carbocycles. The molecule has 9 nitrogen and oxygen atoms in total. The van der Waals surface area contributed by atoms with Crippen LogP contribution in [0.25, 0.3) is 10.9 Å². The van der Waals surface area contributed by atoms with Crippen molar-refractivity contribution in [3.63, 3.8) is 0 Å². The molecule has 2 aromatic heterocycles. The monoisotopic (exact) mass is 428 g/mol. The van der Waals surface area contributed by atoms with Crippen LogP contribution in [0, 0.1) is 6.92 Å². The number of nitrogens with one attached hydrogen (secondary N) is 3. The van der Waals surface area contributed by atoms with Gasteiger partial charge in [-0.2, -0.15) is 10.2 Å². The van der Waals surface area contributed by atoms with Gasteiger partial charge in [0, 0.05) is 22.8 Å². The van der Waals surface area contributed by atoms with E-state index in [0.717, 1.165) is 22.0 Å². The van der Waals surface area contributed by atoms with Gasteiger partial charge in [0.25, 0.3) is 5.91 Å². The molecule has 5 rings (SSSR count). The van der Waals surface area contributed by atoms with Crippen LogP contribution in [-0.2, 0) is 4.79 Å². The van der Waals surface area contributed by atoms with Crippen molar-refractivity contribution >= 4 is 34.3 Å². The molecule has 4 N–H and O–H groups in total. The predicted octanol–water partition coefficient (Wildman–Crippen LogP) is 3.69. The molecule has 4 aromatic rings. The van der Waals surface area contributed by atoms with Crippen LogP contribution < -0.4 is 10.6 Å². The standard InChI is InChI=1S/C23H20N6O3/c1-12-3-5-14(6-4-12)21-20(13(2)25-19-10-18(23(31)32)28-29(19)21)22(30)26-16-7-8-17-15(9-16)11-24-27-17/h3-11,21,25H,1-2H3,(H,24,27)(H,26,30)(H,31,32). The molecule has 9 heteroatoms. The molecule has 1 unspecified atom stereocenters. The zero-order valence-corrected chi connectivity index (χ0v) is 17.4. The molecule has 1 atom stereocenters. The predicted molar refractivity (Wildman–Crippen MR) is 120 cm³/mol. The summed E-state index contributed by atoms with van der Waals surface area (Å²) >= 11 is 0. The molecule has 32 heavy (non-hydrogen) atoms. The van der Waals surface area contributed by atoms with Crippen LogP contribution in [0.5, 0.6) is 0 Å². The zero-order chi connectivity index (χ0) is 22.4. The van der Waals surface area contributed by atoms with Crippen LogP contribution in [0.3, 0.4) is 0 Å². The Kier molecular flexibility index (Phi) is 4.51. The van der Waals surface area contributed by atoms with Gasteiger partial charge in [0.1, 0.15) is 11.9 Å². The average molecular weight is 428 g/mol. The average Bonchev–Trinajstić information content (AvgIpc) is 3.39. The topological polar surface area (TPSA) is 125 Å². The molecule has 1 aliphatic rings. The number of aromatic nitrogens is 4. The molecule has 0 aliphatic carbocycles. The Morgan fingerprint density at radius 3 is 2.62 bits per heavy atom. The molecule has 0 spiro atoms. The maximum Gasteiger partial charge on any atom is 0.356 e. The fraction of sp³-hybridized carbons (Fsp3) is 0.130. The summed E-state index contributed by atoms with van der Waals surface area (Å²) in [5.41, 5.74) is 4.39. The number of benzene rings is 2. The fourth-order valence-corrected chi connectivity index (χ4v) is 3.95. The van der Waals surface area contributed by atoms with E-state index in [9.17, 15) is 14.7 Å². The number of carbonyl (C=O) groups is 2. The van der Waals surface area contributed by atoms with Gasteiger partial charge >= 0.3 is 5.97 Å². The minimum Gasteiger partial charge on any atom is -0.476 e. The van der Waals surface area contributed by atoms with Gasteiger partial charge < -0.3 is 15.7 Å². The second kappa shape index (κ2) is 7.38. The number of fused-ring (bicyclic) bond motifs is 2. The maximum absolute atomic E-state index is 13.5. The Hall–Kier alpha value is -4.40. The quantitative estimate of drug-likeness (QED) is 0.393. The van der Waals surface area contributed by atoms with E-state index in [-0.39, 0.29) is 11.6 Å². The van der Waals surface area contributed by atoms with Crippen molar-refractivity contribution in [2.45, 2.75) is 19.9 Å². The van der Waals surface area contributed by atoms with Crippen molar-refractivity contribution in [2.24, 2.45) is 0 Å². The number of aryl methyl sites for hydroxylation is 1. The third-order valence-electron chi connectivity index (χ3n) is 5.53. The van der Waals surface area contributed by atoms with E-state index in [1.165, 1.54) is 6.07 Å².